The molecule has 2 heterocycles. The van der Waals surface area contributed by atoms with Crippen LogP contribution in [-0.4, -0.2) is 34.5 Å². The third kappa shape index (κ3) is 5.43. The van der Waals surface area contributed by atoms with Crippen molar-refractivity contribution >= 4 is 39.1 Å². The molecule has 124 valence electrons. The molecule has 1 unspecified atom stereocenters. The molecular formula is C14H17BrN4O3S. The summed E-state index contributed by atoms with van der Waals surface area (Å²) >= 11 is 4.62. The number of thiophene rings is 1. The van der Waals surface area contributed by atoms with Gasteiger partial charge < -0.3 is 15.2 Å². The van der Waals surface area contributed by atoms with E-state index >= 15 is 0 Å². The Labute approximate surface area is 146 Å². The van der Waals surface area contributed by atoms with E-state index in [1.165, 1.54) is 11.3 Å². The Balaban J connectivity index is 1.69. The molecule has 0 saturated heterocycles. The van der Waals surface area contributed by atoms with E-state index in [2.05, 4.69) is 36.7 Å². The minimum absolute atomic E-state index is 0.226. The van der Waals surface area contributed by atoms with Gasteiger partial charge in [0.15, 0.2) is 5.82 Å². The van der Waals surface area contributed by atoms with Crippen LogP contribution in [0.5, 0.6) is 0 Å². The van der Waals surface area contributed by atoms with Gasteiger partial charge in [0.1, 0.15) is 6.04 Å². The maximum atomic E-state index is 12.0. The Morgan fingerprint density at radius 3 is 2.83 bits per heavy atom. The maximum Gasteiger partial charge on any atom is 0.262 e. The van der Waals surface area contributed by atoms with Crippen LogP contribution in [0, 0.1) is 6.92 Å². The van der Waals surface area contributed by atoms with Crippen LogP contribution < -0.4 is 10.6 Å². The fourth-order valence-electron chi connectivity index (χ4n) is 1.82. The summed E-state index contributed by atoms with van der Waals surface area (Å²) in [5.41, 5.74) is 0. The van der Waals surface area contributed by atoms with Gasteiger partial charge in [-0.15, -0.1) is 11.3 Å². The zero-order valence-electron chi connectivity index (χ0n) is 12.8. The highest BCUT2D eigenvalue weighted by Gasteiger charge is 2.17. The van der Waals surface area contributed by atoms with Crippen LogP contribution in [0.15, 0.2) is 20.4 Å². The molecule has 7 nitrogen and oxygen atoms in total. The number of hydrogen-bond donors (Lipinski definition) is 2. The van der Waals surface area contributed by atoms with Gasteiger partial charge in [-0.05, 0) is 48.3 Å². The summed E-state index contributed by atoms with van der Waals surface area (Å²) in [6, 6.07) is 2.90. The summed E-state index contributed by atoms with van der Waals surface area (Å²) in [5, 5.41) is 9.14. The van der Waals surface area contributed by atoms with Crippen LogP contribution in [0.3, 0.4) is 0 Å². The minimum atomic E-state index is -0.603. The first-order valence-corrected chi connectivity index (χ1v) is 8.69. The lowest BCUT2D eigenvalue weighted by atomic mass is 10.2. The quantitative estimate of drug-likeness (QED) is 0.693. The second-order valence-electron chi connectivity index (χ2n) is 4.93. The Bertz CT molecular complexity index is 685. The summed E-state index contributed by atoms with van der Waals surface area (Å²) in [7, 11) is 0. The lowest BCUT2D eigenvalue weighted by Crippen LogP contribution is -2.44. The van der Waals surface area contributed by atoms with Crippen molar-refractivity contribution in [2.24, 2.45) is 0 Å². The SMILES string of the molecule is Cc1noc(CCCNC(=O)C(C)NC(=O)c2ccc(Br)s2)n1. The predicted molar refractivity (Wildman–Crippen MR) is 89.3 cm³/mol. The zero-order valence-corrected chi connectivity index (χ0v) is 15.2. The molecular weight excluding hydrogens is 384 g/mol. The van der Waals surface area contributed by atoms with Gasteiger partial charge in [-0.1, -0.05) is 5.16 Å². The highest BCUT2D eigenvalue weighted by molar-refractivity contribution is 9.11. The topological polar surface area (TPSA) is 97.1 Å². The Morgan fingerprint density at radius 2 is 2.22 bits per heavy atom. The van der Waals surface area contributed by atoms with Gasteiger partial charge in [0.05, 0.1) is 8.66 Å². The van der Waals surface area contributed by atoms with Crippen LogP contribution in [0.2, 0.25) is 0 Å². The number of halogens is 1. The van der Waals surface area contributed by atoms with Gasteiger partial charge in [-0.2, -0.15) is 4.98 Å². The molecule has 0 spiro atoms. The van der Waals surface area contributed by atoms with Crippen LogP contribution in [0.25, 0.3) is 0 Å². The largest absolute Gasteiger partial charge is 0.354 e. The van der Waals surface area contributed by atoms with E-state index in [1.54, 1.807) is 26.0 Å². The molecule has 0 bridgehead atoms. The van der Waals surface area contributed by atoms with Crippen molar-refractivity contribution in [1.29, 1.82) is 0 Å². The second-order valence-corrected chi connectivity index (χ2v) is 7.39. The molecule has 2 N–H and O–H groups in total. The molecule has 2 rings (SSSR count). The number of carbonyl (C=O) groups excluding carboxylic acids is 2. The molecule has 0 radical (unpaired) electrons. The molecule has 0 fully saturated rings. The van der Waals surface area contributed by atoms with Crippen LogP contribution >= 0.6 is 27.3 Å². The summed E-state index contributed by atoms with van der Waals surface area (Å²) in [4.78, 5) is 28.6. The number of aromatic nitrogens is 2. The van der Waals surface area contributed by atoms with E-state index in [1.807, 2.05) is 0 Å². The van der Waals surface area contributed by atoms with Gasteiger partial charge in [0, 0.05) is 13.0 Å². The van der Waals surface area contributed by atoms with Gasteiger partial charge in [-0.3, -0.25) is 9.59 Å². The van der Waals surface area contributed by atoms with Crippen molar-refractivity contribution in [1.82, 2.24) is 20.8 Å². The molecule has 0 saturated carbocycles. The molecule has 0 aliphatic carbocycles. The van der Waals surface area contributed by atoms with Gasteiger partial charge in [-0.25, -0.2) is 0 Å². The molecule has 0 aliphatic rings. The third-order valence-corrected chi connectivity index (χ3v) is 4.60. The molecule has 9 heteroatoms. The number of carbonyl (C=O) groups is 2. The van der Waals surface area contributed by atoms with Gasteiger partial charge >= 0.3 is 0 Å². The summed E-state index contributed by atoms with van der Waals surface area (Å²) in [6.07, 6.45) is 1.29. The number of amides is 2. The summed E-state index contributed by atoms with van der Waals surface area (Å²) in [5.74, 6) is 0.669. The van der Waals surface area contributed by atoms with Crippen molar-refractivity contribution in [3.8, 4) is 0 Å². The summed E-state index contributed by atoms with van der Waals surface area (Å²) < 4.78 is 5.86. The van der Waals surface area contributed by atoms with Crippen molar-refractivity contribution < 1.29 is 14.1 Å². The Kier molecular flexibility index (Phi) is 6.28. The molecule has 23 heavy (non-hydrogen) atoms. The second kappa shape index (κ2) is 8.21. The first-order valence-electron chi connectivity index (χ1n) is 7.09. The van der Waals surface area contributed by atoms with Crippen molar-refractivity contribution in [2.45, 2.75) is 32.7 Å². The fourth-order valence-corrected chi connectivity index (χ4v) is 3.10. The van der Waals surface area contributed by atoms with E-state index in [0.29, 0.717) is 36.0 Å². The Hall–Kier alpha value is -1.74. The van der Waals surface area contributed by atoms with E-state index in [0.717, 1.165) is 3.79 Å². The lowest BCUT2D eigenvalue weighted by Gasteiger charge is -2.13. The number of rotatable bonds is 7. The minimum Gasteiger partial charge on any atom is -0.354 e. The van der Waals surface area contributed by atoms with E-state index < -0.39 is 6.04 Å². The maximum absolute atomic E-state index is 12.0. The fraction of sp³-hybridized carbons (Fsp3) is 0.429. The van der Waals surface area contributed by atoms with Crippen LogP contribution in [0.1, 0.15) is 34.7 Å². The molecule has 2 amide bonds. The van der Waals surface area contributed by atoms with Crippen molar-refractivity contribution in [3.05, 3.63) is 32.5 Å². The monoisotopic (exact) mass is 400 g/mol. The normalized spacial score (nSPS) is 12.0. The highest BCUT2D eigenvalue weighted by atomic mass is 79.9. The first-order chi connectivity index (χ1) is 11.0. The third-order valence-electron chi connectivity index (χ3n) is 2.97. The summed E-state index contributed by atoms with van der Waals surface area (Å²) in [6.45, 7) is 3.88. The average molecular weight is 401 g/mol. The molecule has 1 atom stereocenters. The predicted octanol–water partition coefficient (Wildman–Crippen LogP) is 2.07. The average Bonchev–Trinajstić information content (AvgIpc) is 3.12. The molecule has 0 aliphatic heterocycles. The van der Waals surface area contributed by atoms with Crippen molar-refractivity contribution in [3.63, 3.8) is 0 Å². The zero-order chi connectivity index (χ0) is 16.8. The highest BCUT2D eigenvalue weighted by Crippen LogP contribution is 2.21. The van der Waals surface area contributed by atoms with E-state index in [-0.39, 0.29) is 11.8 Å². The van der Waals surface area contributed by atoms with E-state index in [4.69, 9.17) is 4.52 Å². The van der Waals surface area contributed by atoms with Crippen LogP contribution in [-0.2, 0) is 11.2 Å². The number of hydrogen-bond acceptors (Lipinski definition) is 6. The van der Waals surface area contributed by atoms with Crippen LogP contribution in [0.4, 0.5) is 0 Å². The number of nitrogens with zero attached hydrogens (tertiary/aromatic N) is 2. The lowest BCUT2D eigenvalue weighted by molar-refractivity contribution is -0.122. The first kappa shape index (κ1) is 17.6. The van der Waals surface area contributed by atoms with Crippen molar-refractivity contribution in [2.75, 3.05) is 6.54 Å². The van der Waals surface area contributed by atoms with Gasteiger partial charge in [0.2, 0.25) is 11.8 Å². The molecule has 2 aromatic heterocycles. The van der Waals surface area contributed by atoms with E-state index in [9.17, 15) is 9.59 Å². The molecule has 0 aromatic carbocycles. The number of nitrogens with one attached hydrogen (secondary N) is 2. The standard InChI is InChI=1S/C14H17BrN4O3S/c1-8(17-14(21)10-5-6-11(15)23-10)13(20)16-7-3-4-12-18-9(2)19-22-12/h5-6,8H,3-4,7H2,1-2H3,(H,16,20)(H,17,21). The van der Waals surface area contributed by atoms with Gasteiger partial charge in [0.25, 0.3) is 5.91 Å². The number of aryl methyl sites for hydroxylation is 2. The Morgan fingerprint density at radius 1 is 1.43 bits per heavy atom. The smallest absolute Gasteiger partial charge is 0.262 e. The molecule has 2 aromatic rings.